The average molecular weight is 391 g/mol. The molecule has 1 saturated heterocycles. The summed E-state index contributed by atoms with van der Waals surface area (Å²) in [6, 6.07) is 18.6. The van der Waals surface area contributed by atoms with E-state index in [9.17, 15) is 0 Å². The molecule has 2 aromatic heterocycles. The van der Waals surface area contributed by atoms with Crippen LogP contribution in [0.1, 0.15) is 23.4 Å². The molecule has 2 aliphatic rings. The Balaban J connectivity index is 1.38. The van der Waals surface area contributed by atoms with Gasteiger partial charge < -0.3 is 4.90 Å². The molecule has 4 nitrogen and oxygen atoms in total. The third kappa shape index (κ3) is 3.27. The van der Waals surface area contributed by atoms with E-state index in [0.717, 1.165) is 49.9 Å². The van der Waals surface area contributed by atoms with E-state index in [1.54, 1.807) is 0 Å². The number of hydrogen-bond acceptors (Lipinski definition) is 4. The molecule has 0 amide bonds. The van der Waals surface area contributed by atoms with E-state index in [0.29, 0.717) is 0 Å². The Morgan fingerprint density at radius 2 is 1.86 bits per heavy atom. The van der Waals surface area contributed by atoms with Crippen molar-refractivity contribution in [3.05, 3.63) is 89.0 Å². The molecular weight excluding hydrogens is 368 g/mol. The molecule has 1 atom stereocenters. The summed E-state index contributed by atoms with van der Waals surface area (Å²) in [4.78, 5) is 14.3. The Morgan fingerprint density at radius 1 is 0.929 bits per heavy atom. The summed E-state index contributed by atoms with van der Waals surface area (Å²) >= 11 is 6.17. The maximum atomic E-state index is 6.17. The van der Waals surface area contributed by atoms with Gasteiger partial charge in [-0.3, -0.25) is 14.9 Å². The molecule has 1 aromatic carbocycles. The Labute approximate surface area is 170 Å². The maximum Gasteiger partial charge on any atom is 0.0729 e. The highest BCUT2D eigenvalue weighted by Gasteiger charge is 2.48. The molecule has 1 fully saturated rings. The second-order valence-corrected chi connectivity index (χ2v) is 8.36. The Kier molecular flexibility index (Phi) is 4.53. The molecule has 5 rings (SSSR count). The number of likely N-dealkylation sites (tertiary alicyclic amines) is 1. The lowest BCUT2D eigenvalue weighted by Crippen LogP contribution is -2.36. The van der Waals surface area contributed by atoms with E-state index in [2.05, 4.69) is 45.1 Å². The number of aromatic nitrogens is 2. The van der Waals surface area contributed by atoms with Crippen molar-refractivity contribution in [2.24, 2.45) is 0 Å². The molecule has 4 heterocycles. The van der Waals surface area contributed by atoms with Crippen LogP contribution in [-0.4, -0.2) is 34.5 Å². The number of pyridine rings is 2. The third-order valence-electron chi connectivity index (χ3n) is 5.93. The number of rotatable bonds is 4. The number of hydrogen-bond donors (Lipinski definition) is 0. The van der Waals surface area contributed by atoms with Gasteiger partial charge in [0.05, 0.1) is 23.6 Å². The van der Waals surface area contributed by atoms with E-state index in [-0.39, 0.29) is 5.41 Å². The van der Waals surface area contributed by atoms with Crippen LogP contribution in [0.25, 0.3) is 0 Å². The van der Waals surface area contributed by atoms with Crippen LogP contribution >= 0.6 is 11.6 Å². The van der Waals surface area contributed by atoms with Crippen molar-refractivity contribution in [1.82, 2.24) is 14.9 Å². The number of nitrogens with zero attached hydrogens (tertiary/aromatic N) is 4. The minimum atomic E-state index is 0.101. The number of halogens is 1. The van der Waals surface area contributed by atoms with Gasteiger partial charge in [0.2, 0.25) is 0 Å². The molecule has 0 N–H and O–H groups in total. The van der Waals surface area contributed by atoms with Crippen LogP contribution < -0.4 is 4.90 Å². The van der Waals surface area contributed by atoms with Crippen LogP contribution in [-0.2, 0) is 18.5 Å². The number of anilines is 1. The van der Waals surface area contributed by atoms with Crippen LogP contribution in [0.15, 0.2) is 67.0 Å². The monoisotopic (exact) mass is 390 g/mol. The number of fused-ring (bicyclic) bond motifs is 2. The molecule has 2 aliphatic heterocycles. The normalized spacial score (nSPS) is 21.4. The molecule has 28 heavy (non-hydrogen) atoms. The van der Waals surface area contributed by atoms with Crippen LogP contribution in [0.4, 0.5) is 5.69 Å². The van der Waals surface area contributed by atoms with Crippen LogP contribution in [0.2, 0.25) is 5.02 Å². The molecule has 0 aliphatic carbocycles. The fraction of sp³-hybridized carbons (Fsp3) is 0.304. The van der Waals surface area contributed by atoms with Crippen molar-refractivity contribution >= 4 is 17.3 Å². The fourth-order valence-corrected chi connectivity index (χ4v) is 4.94. The number of benzene rings is 1. The minimum absolute atomic E-state index is 0.101. The second-order valence-electron chi connectivity index (χ2n) is 7.92. The van der Waals surface area contributed by atoms with E-state index in [4.69, 9.17) is 16.6 Å². The molecule has 0 saturated carbocycles. The van der Waals surface area contributed by atoms with Crippen molar-refractivity contribution < 1.29 is 0 Å². The second kappa shape index (κ2) is 7.19. The maximum absolute atomic E-state index is 6.17. The van der Waals surface area contributed by atoms with E-state index < -0.39 is 0 Å². The van der Waals surface area contributed by atoms with Gasteiger partial charge in [0.15, 0.2) is 0 Å². The largest absolute Gasteiger partial charge is 0.363 e. The van der Waals surface area contributed by atoms with Crippen molar-refractivity contribution in [1.29, 1.82) is 0 Å². The first-order valence-corrected chi connectivity index (χ1v) is 10.2. The summed E-state index contributed by atoms with van der Waals surface area (Å²) in [5, 5.41) is 0.806. The zero-order chi connectivity index (χ0) is 19.0. The summed E-state index contributed by atoms with van der Waals surface area (Å²) in [5.41, 5.74) is 4.98. The molecule has 0 radical (unpaired) electrons. The molecule has 1 unspecified atom stereocenters. The van der Waals surface area contributed by atoms with Crippen molar-refractivity contribution in [3.63, 3.8) is 0 Å². The summed E-state index contributed by atoms with van der Waals surface area (Å²) in [6.07, 6.45) is 4.94. The van der Waals surface area contributed by atoms with Gasteiger partial charge in [0, 0.05) is 42.5 Å². The first-order chi connectivity index (χ1) is 13.7. The highest BCUT2D eigenvalue weighted by molar-refractivity contribution is 6.30. The Bertz CT molecular complexity index is 977. The minimum Gasteiger partial charge on any atom is -0.363 e. The van der Waals surface area contributed by atoms with Gasteiger partial charge in [-0.05, 0) is 54.9 Å². The van der Waals surface area contributed by atoms with Crippen LogP contribution in [0, 0.1) is 0 Å². The summed E-state index contributed by atoms with van der Waals surface area (Å²) < 4.78 is 0. The van der Waals surface area contributed by atoms with Crippen molar-refractivity contribution in [2.75, 3.05) is 24.5 Å². The highest BCUT2D eigenvalue weighted by atomic mass is 35.5. The molecule has 0 bridgehead atoms. The smallest absolute Gasteiger partial charge is 0.0729 e. The van der Waals surface area contributed by atoms with Gasteiger partial charge >= 0.3 is 0 Å². The summed E-state index contributed by atoms with van der Waals surface area (Å²) in [5.74, 6) is 0. The van der Waals surface area contributed by atoms with Crippen molar-refractivity contribution in [3.8, 4) is 0 Å². The Hall–Kier alpha value is -2.43. The SMILES string of the molecule is Clc1cccc(CN2CCC3(C2)CN(Cc2ccccn2)c2cccnc23)c1. The van der Waals surface area contributed by atoms with Gasteiger partial charge in [-0.2, -0.15) is 0 Å². The van der Waals surface area contributed by atoms with E-state index in [1.807, 2.05) is 36.7 Å². The predicted octanol–water partition coefficient (Wildman–Crippen LogP) is 4.29. The lowest BCUT2D eigenvalue weighted by molar-refractivity contribution is 0.305. The third-order valence-corrected chi connectivity index (χ3v) is 6.17. The quantitative estimate of drug-likeness (QED) is 0.665. The van der Waals surface area contributed by atoms with Crippen LogP contribution in [0.5, 0.6) is 0 Å². The van der Waals surface area contributed by atoms with Crippen molar-refractivity contribution in [2.45, 2.75) is 24.9 Å². The zero-order valence-corrected chi connectivity index (χ0v) is 16.5. The Morgan fingerprint density at radius 3 is 2.71 bits per heavy atom. The average Bonchev–Trinajstić information content (AvgIpc) is 3.25. The van der Waals surface area contributed by atoms with E-state index >= 15 is 0 Å². The molecule has 1 spiro atoms. The first kappa shape index (κ1) is 17.7. The highest BCUT2D eigenvalue weighted by Crippen LogP contribution is 2.45. The first-order valence-electron chi connectivity index (χ1n) is 9.79. The zero-order valence-electron chi connectivity index (χ0n) is 15.8. The topological polar surface area (TPSA) is 32.3 Å². The lowest BCUT2D eigenvalue weighted by Gasteiger charge is -2.26. The van der Waals surface area contributed by atoms with Gasteiger partial charge in [0.1, 0.15) is 0 Å². The fourth-order valence-electron chi connectivity index (χ4n) is 4.72. The van der Waals surface area contributed by atoms with Gasteiger partial charge in [0.25, 0.3) is 0 Å². The van der Waals surface area contributed by atoms with Crippen LogP contribution in [0.3, 0.4) is 0 Å². The predicted molar refractivity (Wildman–Crippen MR) is 113 cm³/mol. The standard InChI is InChI=1S/C23H23ClN4/c24-19-6-3-5-18(13-19)14-27-12-9-23(16-27)17-28(15-20-7-1-2-10-25-20)21-8-4-11-26-22(21)23/h1-8,10-11,13H,9,12,14-17H2. The molecule has 5 heteroatoms. The molecule has 3 aromatic rings. The summed E-state index contributed by atoms with van der Waals surface area (Å²) in [6.45, 7) is 4.88. The summed E-state index contributed by atoms with van der Waals surface area (Å²) in [7, 11) is 0. The molecule has 142 valence electrons. The lowest BCUT2D eigenvalue weighted by atomic mass is 9.85. The van der Waals surface area contributed by atoms with Gasteiger partial charge in [-0.15, -0.1) is 0 Å². The van der Waals surface area contributed by atoms with E-state index in [1.165, 1.54) is 16.9 Å². The molecular formula is C23H23ClN4. The van der Waals surface area contributed by atoms with Gasteiger partial charge in [-0.1, -0.05) is 29.8 Å². The van der Waals surface area contributed by atoms with Gasteiger partial charge in [-0.25, -0.2) is 0 Å².